The molecule has 2 N–H and O–H groups in total. The van der Waals surface area contributed by atoms with E-state index in [2.05, 4.69) is 17.9 Å². The number of hydrogen-bond donors (Lipinski definition) is 3. The smallest absolute Gasteiger partial charge is 0.303 e. The lowest BCUT2D eigenvalue weighted by Gasteiger charge is -2.17. The zero-order valence-electron chi connectivity index (χ0n) is 7.83. The van der Waals surface area contributed by atoms with Gasteiger partial charge in [0.05, 0.1) is 6.42 Å². The molecule has 0 atom stereocenters. The van der Waals surface area contributed by atoms with E-state index in [-0.39, 0.29) is 23.5 Å². The Bertz CT molecular complexity index is 198. The zero-order valence-corrected chi connectivity index (χ0v) is 8.73. The predicted octanol–water partition coefficient (Wildman–Crippen LogP) is 0.676. The molecule has 0 aliphatic carbocycles. The maximum Gasteiger partial charge on any atom is 0.303 e. The maximum absolute atomic E-state index is 11.0. The molecule has 0 bridgehead atoms. The highest BCUT2D eigenvalue weighted by molar-refractivity contribution is 7.81. The van der Waals surface area contributed by atoms with Gasteiger partial charge in [-0.25, -0.2) is 0 Å². The highest BCUT2D eigenvalue weighted by Crippen LogP contribution is 2.09. The highest BCUT2D eigenvalue weighted by atomic mass is 32.1. The van der Waals surface area contributed by atoms with Crippen LogP contribution in [0.25, 0.3) is 0 Å². The number of carboxylic acid groups (broad SMARTS) is 1. The number of rotatable bonds is 5. The number of aliphatic carboxylic acids is 1. The Morgan fingerprint density at radius 2 is 1.92 bits per heavy atom. The van der Waals surface area contributed by atoms with Gasteiger partial charge in [-0.15, -0.1) is 0 Å². The lowest BCUT2D eigenvalue weighted by Crippen LogP contribution is -2.34. The second-order valence-electron chi connectivity index (χ2n) is 3.48. The van der Waals surface area contributed by atoms with Gasteiger partial charge in [-0.3, -0.25) is 9.59 Å². The lowest BCUT2D eigenvalue weighted by atomic mass is 10.2. The fourth-order valence-corrected chi connectivity index (χ4v) is 0.703. The molecule has 0 unspecified atom stereocenters. The molecule has 13 heavy (non-hydrogen) atoms. The van der Waals surface area contributed by atoms with E-state index in [1.807, 2.05) is 13.8 Å². The maximum atomic E-state index is 11.0. The van der Waals surface area contributed by atoms with Gasteiger partial charge in [0.2, 0.25) is 5.91 Å². The van der Waals surface area contributed by atoms with E-state index in [1.165, 1.54) is 0 Å². The minimum atomic E-state index is -0.958. The molecule has 0 aliphatic heterocycles. The molecule has 0 spiro atoms. The van der Waals surface area contributed by atoms with Crippen LogP contribution in [0.1, 0.15) is 26.7 Å². The van der Waals surface area contributed by atoms with Gasteiger partial charge in [-0.1, -0.05) is 0 Å². The number of carbonyl (C=O) groups is 2. The van der Waals surface area contributed by atoms with Crippen molar-refractivity contribution in [3.8, 4) is 0 Å². The number of carboxylic acids is 1. The second kappa shape index (κ2) is 5.11. The van der Waals surface area contributed by atoms with E-state index < -0.39 is 5.97 Å². The molecule has 0 saturated heterocycles. The fourth-order valence-electron chi connectivity index (χ4n) is 0.624. The zero-order chi connectivity index (χ0) is 10.5. The van der Waals surface area contributed by atoms with Crippen LogP contribution in [0.15, 0.2) is 0 Å². The molecule has 0 aliphatic rings. The van der Waals surface area contributed by atoms with Crippen molar-refractivity contribution >= 4 is 24.5 Å². The summed E-state index contributed by atoms with van der Waals surface area (Å²) in [6.07, 6.45) is -0.0992. The number of carbonyl (C=O) groups excluding carboxylic acids is 1. The van der Waals surface area contributed by atoms with Crippen LogP contribution < -0.4 is 5.32 Å². The predicted molar refractivity (Wildman–Crippen MR) is 52.9 cm³/mol. The number of amides is 1. The van der Waals surface area contributed by atoms with E-state index in [0.29, 0.717) is 6.54 Å². The molecule has 0 aromatic rings. The van der Waals surface area contributed by atoms with E-state index in [4.69, 9.17) is 5.11 Å². The second-order valence-corrected chi connectivity index (χ2v) is 4.69. The first kappa shape index (κ1) is 12.3. The van der Waals surface area contributed by atoms with Gasteiger partial charge >= 0.3 is 5.97 Å². The van der Waals surface area contributed by atoms with Crippen molar-refractivity contribution in [3.05, 3.63) is 0 Å². The van der Waals surface area contributed by atoms with Crippen LogP contribution >= 0.6 is 12.6 Å². The number of thiol groups is 1. The van der Waals surface area contributed by atoms with Gasteiger partial charge in [0.1, 0.15) is 0 Å². The van der Waals surface area contributed by atoms with Gasteiger partial charge in [0, 0.05) is 17.7 Å². The molecule has 0 aromatic heterocycles. The van der Waals surface area contributed by atoms with Crippen molar-refractivity contribution in [2.24, 2.45) is 0 Å². The van der Waals surface area contributed by atoms with Crippen LogP contribution in [-0.2, 0) is 9.59 Å². The quantitative estimate of drug-likeness (QED) is 0.578. The molecule has 0 heterocycles. The van der Waals surface area contributed by atoms with Crippen LogP contribution in [0.3, 0.4) is 0 Å². The third-order valence-electron chi connectivity index (χ3n) is 1.28. The summed E-state index contributed by atoms with van der Waals surface area (Å²) in [7, 11) is 0. The fraction of sp³-hybridized carbons (Fsp3) is 0.750. The Hall–Kier alpha value is -0.710. The summed E-state index contributed by atoms with van der Waals surface area (Å²) < 4.78 is -0.265. The van der Waals surface area contributed by atoms with Crippen LogP contribution in [-0.4, -0.2) is 28.3 Å². The molecule has 0 rings (SSSR count). The van der Waals surface area contributed by atoms with Gasteiger partial charge in [-0.2, -0.15) is 12.6 Å². The third-order valence-corrected chi connectivity index (χ3v) is 1.44. The van der Waals surface area contributed by atoms with Gasteiger partial charge < -0.3 is 10.4 Å². The summed E-state index contributed by atoms with van der Waals surface area (Å²) >= 11 is 4.21. The average Bonchev–Trinajstić information content (AvgIpc) is 1.95. The summed E-state index contributed by atoms with van der Waals surface area (Å²) in [6, 6.07) is 0. The van der Waals surface area contributed by atoms with Gasteiger partial charge in [0.15, 0.2) is 0 Å². The molecule has 4 nitrogen and oxygen atoms in total. The minimum Gasteiger partial charge on any atom is -0.481 e. The lowest BCUT2D eigenvalue weighted by molar-refractivity contribution is -0.138. The molecule has 0 radical (unpaired) electrons. The van der Waals surface area contributed by atoms with Crippen LogP contribution in [0.4, 0.5) is 0 Å². The van der Waals surface area contributed by atoms with E-state index >= 15 is 0 Å². The molecule has 0 fully saturated rings. The van der Waals surface area contributed by atoms with E-state index in [1.54, 1.807) is 0 Å². The molecule has 0 saturated carbocycles. The van der Waals surface area contributed by atoms with Gasteiger partial charge in [0.25, 0.3) is 0 Å². The first-order valence-corrected chi connectivity index (χ1v) is 4.47. The normalized spacial score (nSPS) is 11.0. The van der Waals surface area contributed by atoms with Gasteiger partial charge in [-0.05, 0) is 13.8 Å². The summed E-state index contributed by atoms with van der Waals surface area (Å²) in [5.74, 6) is -1.20. The number of nitrogens with one attached hydrogen (secondary N) is 1. The van der Waals surface area contributed by atoms with Crippen molar-refractivity contribution in [3.63, 3.8) is 0 Å². The Morgan fingerprint density at radius 1 is 1.38 bits per heavy atom. The van der Waals surface area contributed by atoms with Crippen molar-refractivity contribution < 1.29 is 14.7 Å². The highest BCUT2D eigenvalue weighted by Gasteiger charge is 2.13. The molecular weight excluding hydrogens is 190 g/mol. The summed E-state index contributed by atoms with van der Waals surface area (Å²) in [5.41, 5.74) is 0. The Labute approximate surface area is 83.1 Å². The topological polar surface area (TPSA) is 66.4 Å². The largest absolute Gasteiger partial charge is 0.481 e. The van der Waals surface area contributed by atoms with E-state index in [9.17, 15) is 9.59 Å². The van der Waals surface area contributed by atoms with Crippen molar-refractivity contribution in [2.45, 2.75) is 31.4 Å². The SMILES string of the molecule is CC(C)(S)CNC(=O)CCC(=O)O. The summed E-state index contributed by atoms with van der Waals surface area (Å²) in [4.78, 5) is 21.1. The van der Waals surface area contributed by atoms with E-state index in [0.717, 1.165) is 0 Å². The standard InChI is InChI=1S/C8H15NO3S/c1-8(2,13)5-9-6(10)3-4-7(11)12/h13H,3-5H2,1-2H3,(H,9,10)(H,11,12). The van der Waals surface area contributed by atoms with Crippen LogP contribution in [0.5, 0.6) is 0 Å². The van der Waals surface area contributed by atoms with Crippen molar-refractivity contribution in [2.75, 3.05) is 6.54 Å². The first-order chi connectivity index (χ1) is 5.81. The molecule has 5 heteroatoms. The number of hydrogen-bond acceptors (Lipinski definition) is 3. The molecule has 76 valence electrons. The Kier molecular flexibility index (Phi) is 4.83. The molecular formula is C8H15NO3S. The monoisotopic (exact) mass is 205 g/mol. The molecule has 1 amide bonds. The third kappa shape index (κ3) is 9.20. The average molecular weight is 205 g/mol. The van der Waals surface area contributed by atoms with Crippen molar-refractivity contribution in [1.82, 2.24) is 5.32 Å². The van der Waals surface area contributed by atoms with Crippen LogP contribution in [0.2, 0.25) is 0 Å². The Balaban J connectivity index is 3.58. The summed E-state index contributed by atoms with van der Waals surface area (Å²) in [5, 5.41) is 10.9. The van der Waals surface area contributed by atoms with Crippen LogP contribution in [0, 0.1) is 0 Å². The summed E-state index contributed by atoms with van der Waals surface area (Å²) in [6.45, 7) is 4.18. The first-order valence-electron chi connectivity index (χ1n) is 4.02. The molecule has 0 aromatic carbocycles. The van der Waals surface area contributed by atoms with Crippen molar-refractivity contribution in [1.29, 1.82) is 0 Å². The Morgan fingerprint density at radius 3 is 2.31 bits per heavy atom. The minimum absolute atomic E-state index is 0.0270.